The summed E-state index contributed by atoms with van der Waals surface area (Å²) < 4.78 is 19.8. The molecule has 0 aliphatic carbocycles. The maximum atomic E-state index is 13.9. The fourth-order valence-electron chi connectivity index (χ4n) is 2.98. The molecule has 0 spiro atoms. The van der Waals surface area contributed by atoms with Crippen molar-refractivity contribution in [3.63, 3.8) is 0 Å². The fourth-order valence-corrected chi connectivity index (χ4v) is 2.98. The van der Waals surface area contributed by atoms with Gasteiger partial charge < -0.3 is 15.0 Å². The number of ether oxygens (including phenoxy) is 1. The molecule has 2 rings (SSSR count). The predicted octanol–water partition coefficient (Wildman–Crippen LogP) is 3.33. The van der Waals surface area contributed by atoms with Crippen LogP contribution in [-0.2, 0) is 11.3 Å². The molecule has 1 fully saturated rings. The van der Waals surface area contributed by atoms with Crippen LogP contribution in [0.15, 0.2) is 18.2 Å². The SMILES string of the molecule is CCCNCc1cc(F)cc(N2CC(C)OC(C)(C)C2)c1. The Balaban J connectivity index is 2.14. The first-order chi connectivity index (χ1) is 9.89. The minimum Gasteiger partial charge on any atom is -0.369 e. The first-order valence-electron chi connectivity index (χ1n) is 7.82. The first kappa shape index (κ1) is 16.2. The van der Waals surface area contributed by atoms with E-state index in [0.29, 0.717) is 6.54 Å². The van der Waals surface area contributed by atoms with Gasteiger partial charge in [-0.1, -0.05) is 6.92 Å². The number of morpholine rings is 1. The van der Waals surface area contributed by atoms with Crippen molar-refractivity contribution in [3.05, 3.63) is 29.6 Å². The van der Waals surface area contributed by atoms with Crippen LogP contribution in [0.4, 0.5) is 10.1 Å². The van der Waals surface area contributed by atoms with Crippen molar-refractivity contribution < 1.29 is 9.13 Å². The van der Waals surface area contributed by atoms with Gasteiger partial charge in [0.2, 0.25) is 0 Å². The number of nitrogens with one attached hydrogen (secondary N) is 1. The third kappa shape index (κ3) is 4.68. The zero-order valence-electron chi connectivity index (χ0n) is 13.6. The maximum absolute atomic E-state index is 13.9. The number of anilines is 1. The molecule has 1 N–H and O–H groups in total. The van der Waals surface area contributed by atoms with Crippen LogP contribution < -0.4 is 10.2 Å². The second-order valence-electron chi connectivity index (χ2n) is 6.56. The second kappa shape index (κ2) is 6.75. The summed E-state index contributed by atoms with van der Waals surface area (Å²) in [5, 5.41) is 3.32. The lowest BCUT2D eigenvalue weighted by atomic mass is 10.0. The van der Waals surface area contributed by atoms with E-state index in [0.717, 1.165) is 37.3 Å². The molecule has 3 nitrogen and oxygen atoms in total. The normalized spacial score (nSPS) is 21.6. The summed E-state index contributed by atoms with van der Waals surface area (Å²) >= 11 is 0. The van der Waals surface area contributed by atoms with Gasteiger partial charge in [0.25, 0.3) is 0 Å². The number of hydrogen-bond donors (Lipinski definition) is 1. The van der Waals surface area contributed by atoms with Gasteiger partial charge in [0, 0.05) is 25.3 Å². The average molecular weight is 294 g/mol. The molecule has 0 bridgehead atoms. The lowest BCUT2D eigenvalue weighted by Crippen LogP contribution is -2.52. The first-order valence-corrected chi connectivity index (χ1v) is 7.82. The van der Waals surface area contributed by atoms with Crippen LogP contribution in [0, 0.1) is 5.82 Å². The maximum Gasteiger partial charge on any atom is 0.125 e. The third-order valence-corrected chi connectivity index (χ3v) is 3.63. The molecule has 4 heteroatoms. The average Bonchev–Trinajstić information content (AvgIpc) is 2.36. The quantitative estimate of drug-likeness (QED) is 0.843. The molecule has 1 atom stereocenters. The van der Waals surface area contributed by atoms with E-state index in [4.69, 9.17) is 4.74 Å². The van der Waals surface area contributed by atoms with E-state index >= 15 is 0 Å². The summed E-state index contributed by atoms with van der Waals surface area (Å²) in [7, 11) is 0. The van der Waals surface area contributed by atoms with E-state index in [2.05, 4.69) is 44.0 Å². The van der Waals surface area contributed by atoms with Gasteiger partial charge in [-0.05, 0) is 57.5 Å². The molecule has 1 aliphatic rings. The molecule has 1 heterocycles. The Hall–Kier alpha value is -1.13. The van der Waals surface area contributed by atoms with Crippen molar-refractivity contribution >= 4 is 5.69 Å². The topological polar surface area (TPSA) is 24.5 Å². The van der Waals surface area contributed by atoms with Crippen molar-refractivity contribution in [2.75, 3.05) is 24.5 Å². The Bertz CT molecular complexity index is 476. The van der Waals surface area contributed by atoms with Crippen molar-refractivity contribution in [3.8, 4) is 0 Å². The summed E-state index contributed by atoms with van der Waals surface area (Å²) in [5.74, 6) is -0.169. The number of benzene rings is 1. The van der Waals surface area contributed by atoms with Crippen LogP contribution in [0.2, 0.25) is 0 Å². The Morgan fingerprint density at radius 2 is 2.14 bits per heavy atom. The molecule has 1 aliphatic heterocycles. The van der Waals surface area contributed by atoms with Gasteiger partial charge in [0.15, 0.2) is 0 Å². The van der Waals surface area contributed by atoms with E-state index in [1.54, 1.807) is 12.1 Å². The van der Waals surface area contributed by atoms with Gasteiger partial charge in [-0.15, -0.1) is 0 Å². The van der Waals surface area contributed by atoms with Crippen LogP contribution in [-0.4, -0.2) is 31.3 Å². The number of nitrogens with zero attached hydrogens (tertiary/aromatic N) is 1. The molecular weight excluding hydrogens is 267 g/mol. The molecular formula is C17H27FN2O. The third-order valence-electron chi connectivity index (χ3n) is 3.63. The largest absolute Gasteiger partial charge is 0.369 e. The van der Waals surface area contributed by atoms with E-state index in [9.17, 15) is 4.39 Å². The Morgan fingerprint density at radius 1 is 1.38 bits per heavy atom. The molecule has 0 aromatic heterocycles. The fraction of sp³-hybridized carbons (Fsp3) is 0.647. The predicted molar refractivity (Wildman–Crippen MR) is 85.2 cm³/mol. The van der Waals surface area contributed by atoms with Crippen molar-refractivity contribution in [1.29, 1.82) is 0 Å². The smallest absolute Gasteiger partial charge is 0.125 e. The summed E-state index contributed by atoms with van der Waals surface area (Å²) in [4.78, 5) is 2.22. The van der Waals surface area contributed by atoms with Crippen LogP contribution in [0.5, 0.6) is 0 Å². The van der Waals surface area contributed by atoms with Gasteiger partial charge in [-0.2, -0.15) is 0 Å². The van der Waals surface area contributed by atoms with Gasteiger partial charge in [-0.25, -0.2) is 4.39 Å². The molecule has 0 amide bonds. The molecule has 118 valence electrons. The van der Waals surface area contributed by atoms with Crippen LogP contribution in [0.1, 0.15) is 39.7 Å². The standard InChI is InChI=1S/C17H27FN2O/c1-5-6-19-10-14-7-15(18)9-16(8-14)20-11-13(2)21-17(3,4)12-20/h7-9,13,19H,5-6,10-12H2,1-4H3. The number of rotatable bonds is 5. The summed E-state index contributed by atoms with van der Waals surface area (Å²) in [6, 6.07) is 5.32. The Labute approximate surface area is 127 Å². The number of halogens is 1. The van der Waals surface area contributed by atoms with Crippen molar-refractivity contribution in [2.45, 2.75) is 52.4 Å². The minimum atomic E-state index is -0.204. The zero-order chi connectivity index (χ0) is 15.5. The zero-order valence-corrected chi connectivity index (χ0v) is 13.6. The molecule has 1 aromatic carbocycles. The highest BCUT2D eigenvalue weighted by atomic mass is 19.1. The molecule has 21 heavy (non-hydrogen) atoms. The molecule has 0 radical (unpaired) electrons. The van der Waals surface area contributed by atoms with E-state index in [-0.39, 0.29) is 17.5 Å². The molecule has 1 unspecified atom stereocenters. The highest BCUT2D eigenvalue weighted by Gasteiger charge is 2.31. The van der Waals surface area contributed by atoms with Crippen LogP contribution >= 0.6 is 0 Å². The van der Waals surface area contributed by atoms with Crippen LogP contribution in [0.3, 0.4) is 0 Å². The van der Waals surface area contributed by atoms with E-state index < -0.39 is 0 Å². The van der Waals surface area contributed by atoms with E-state index in [1.165, 1.54) is 0 Å². The highest BCUT2D eigenvalue weighted by Crippen LogP contribution is 2.27. The highest BCUT2D eigenvalue weighted by molar-refractivity contribution is 5.50. The van der Waals surface area contributed by atoms with E-state index in [1.807, 2.05) is 0 Å². The summed E-state index contributed by atoms with van der Waals surface area (Å²) in [6.07, 6.45) is 1.23. The summed E-state index contributed by atoms with van der Waals surface area (Å²) in [5.41, 5.74) is 1.74. The minimum absolute atomic E-state index is 0.152. The molecule has 0 saturated carbocycles. The van der Waals surface area contributed by atoms with Gasteiger partial charge in [-0.3, -0.25) is 0 Å². The molecule has 1 aromatic rings. The van der Waals surface area contributed by atoms with Crippen molar-refractivity contribution in [1.82, 2.24) is 5.32 Å². The Morgan fingerprint density at radius 3 is 2.81 bits per heavy atom. The summed E-state index contributed by atoms with van der Waals surface area (Å²) in [6.45, 7) is 11.6. The van der Waals surface area contributed by atoms with Crippen LogP contribution in [0.25, 0.3) is 0 Å². The van der Waals surface area contributed by atoms with Gasteiger partial charge in [0.05, 0.1) is 11.7 Å². The number of hydrogen-bond acceptors (Lipinski definition) is 3. The Kier molecular flexibility index (Phi) is 5.22. The lowest BCUT2D eigenvalue weighted by molar-refractivity contribution is -0.0749. The molecule has 1 saturated heterocycles. The van der Waals surface area contributed by atoms with Gasteiger partial charge in [0.1, 0.15) is 5.82 Å². The second-order valence-corrected chi connectivity index (χ2v) is 6.56. The lowest BCUT2D eigenvalue weighted by Gasteiger charge is -2.43. The van der Waals surface area contributed by atoms with Gasteiger partial charge >= 0.3 is 0 Å². The monoisotopic (exact) mass is 294 g/mol. The van der Waals surface area contributed by atoms with Crippen molar-refractivity contribution in [2.24, 2.45) is 0 Å².